The molecule has 8 nitrogen and oxygen atoms in total. The smallest absolute Gasteiger partial charge is 0.251 e. The van der Waals surface area contributed by atoms with Crippen molar-refractivity contribution in [3.8, 4) is 0 Å². The highest BCUT2D eigenvalue weighted by Gasteiger charge is 2.49. The zero-order valence-corrected chi connectivity index (χ0v) is 12.5. The van der Waals surface area contributed by atoms with Crippen molar-refractivity contribution >= 4 is 11.8 Å². The molecule has 1 amide bonds. The molecule has 2 saturated heterocycles. The van der Waals surface area contributed by atoms with Gasteiger partial charge in [0.25, 0.3) is 5.90 Å². The largest absolute Gasteiger partial charge is 0.468 e. The highest BCUT2D eigenvalue weighted by atomic mass is 16.7. The van der Waals surface area contributed by atoms with Gasteiger partial charge in [-0.05, 0) is 0 Å². The number of carbonyl (C=O) groups is 1. The second-order valence-electron chi connectivity index (χ2n) is 5.44. The first-order valence-electron chi connectivity index (χ1n) is 7.26. The van der Waals surface area contributed by atoms with Gasteiger partial charge in [-0.2, -0.15) is 0 Å². The normalized spacial score (nSPS) is 35.2. The number of benzene rings is 1. The lowest BCUT2D eigenvalue weighted by molar-refractivity contribution is -0.281. The third-order valence-electron chi connectivity index (χ3n) is 3.80. The van der Waals surface area contributed by atoms with Crippen molar-refractivity contribution in [3.63, 3.8) is 0 Å². The molecule has 2 aliphatic rings. The van der Waals surface area contributed by atoms with E-state index in [-0.39, 0.29) is 18.4 Å². The number of aliphatic hydroxyl groups excluding tert-OH is 1. The van der Waals surface area contributed by atoms with Crippen molar-refractivity contribution in [2.75, 3.05) is 6.61 Å². The molecule has 124 valence electrons. The molecule has 2 heterocycles. The molecule has 1 aromatic carbocycles. The van der Waals surface area contributed by atoms with E-state index in [0.29, 0.717) is 0 Å². The van der Waals surface area contributed by atoms with E-state index in [0.717, 1.165) is 5.56 Å². The molecule has 3 N–H and O–H groups in total. The number of fused-ring (bicyclic) bond motifs is 1. The Bertz CT molecular complexity index is 593. The van der Waals surface area contributed by atoms with E-state index < -0.39 is 30.6 Å². The first-order chi connectivity index (χ1) is 11.1. The van der Waals surface area contributed by atoms with E-state index in [1.165, 1.54) is 6.92 Å². The van der Waals surface area contributed by atoms with E-state index >= 15 is 0 Å². The number of hydrogen-bond acceptors (Lipinski definition) is 7. The number of hydrogen-bond donors (Lipinski definition) is 3. The Kier molecular flexibility index (Phi) is 4.46. The quantitative estimate of drug-likeness (QED) is 0.528. The predicted molar refractivity (Wildman–Crippen MR) is 77.7 cm³/mol. The van der Waals surface area contributed by atoms with Crippen LogP contribution in [0, 0.1) is 0 Å². The van der Waals surface area contributed by atoms with Crippen LogP contribution in [0.4, 0.5) is 0 Å². The molecule has 8 heteroatoms. The number of ether oxygens (including phenoxy) is 3. The van der Waals surface area contributed by atoms with E-state index in [2.05, 4.69) is 10.5 Å². The molecule has 1 aromatic rings. The van der Waals surface area contributed by atoms with Crippen LogP contribution in [0.2, 0.25) is 0 Å². The average Bonchev–Trinajstić information content (AvgIpc) is 2.57. The fraction of sp³-hybridized carbons (Fsp3) is 0.467. The van der Waals surface area contributed by atoms with Gasteiger partial charge in [-0.25, -0.2) is 0 Å². The topological polar surface area (TPSA) is 110 Å². The molecular formula is C15H18N2O6. The molecule has 3 rings (SSSR count). The zero-order valence-electron chi connectivity index (χ0n) is 12.5. The van der Waals surface area contributed by atoms with Crippen LogP contribution in [-0.2, 0) is 19.0 Å². The van der Waals surface area contributed by atoms with Gasteiger partial charge in [-0.15, -0.1) is 0 Å². The van der Waals surface area contributed by atoms with Crippen LogP contribution in [-0.4, -0.2) is 53.1 Å². The van der Waals surface area contributed by atoms with Gasteiger partial charge in [0.1, 0.15) is 18.2 Å². The molecule has 0 spiro atoms. The summed E-state index contributed by atoms with van der Waals surface area (Å²) in [6.45, 7) is 1.46. The molecule has 0 radical (unpaired) electrons. The molecule has 0 saturated carbocycles. The Morgan fingerprint density at radius 3 is 2.74 bits per heavy atom. The van der Waals surface area contributed by atoms with Crippen LogP contribution in [0.5, 0.6) is 0 Å². The minimum Gasteiger partial charge on any atom is -0.468 e. The molecule has 0 aromatic heterocycles. The van der Waals surface area contributed by atoms with Gasteiger partial charge < -0.3 is 29.8 Å². The van der Waals surface area contributed by atoms with Crippen LogP contribution in [0.15, 0.2) is 35.5 Å². The van der Waals surface area contributed by atoms with E-state index in [1.54, 1.807) is 0 Å². The molecular weight excluding hydrogens is 304 g/mol. The van der Waals surface area contributed by atoms with Crippen LogP contribution in [0.1, 0.15) is 18.8 Å². The molecule has 5 atom stereocenters. The minimum atomic E-state index is -1.13. The highest BCUT2D eigenvalue weighted by Crippen LogP contribution is 2.32. The molecule has 2 aliphatic heterocycles. The lowest BCUT2D eigenvalue weighted by atomic mass is 9.96. The summed E-state index contributed by atoms with van der Waals surface area (Å²) in [5, 5.41) is 25.0. The SMILES string of the molecule is CC(=O)N[C@H]1/C(=N\O)O[C@@H]2COC(c3ccccc3)O[C@H]2[C@@H]1O. The number of amides is 1. The number of nitrogens with zero attached hydrogens (tertiary/aromatic N) is 1. The van der Waals surface area contributed by atoms with Gasteiger partial charge in [0.05, 0.1) is 6.61 Å². The number of nitrogens with one attached hydrogen (secondary N) is 1. The Labute approximate surface area is 132 Å². The van der Waals surface area contributed by atoms with Crippen molar-refractivity contribution in [1.29, 1.82) is 0 Å². The summed E-state index contributed by atoms with van der Waals surface area (Å²) >= 11 is 0. The molecule has 0 aliphatic carbocycles. The number of carbonyl (C=O) groups excluding carboxylic acids is 1. The maximum absolute atomic E-state index is 11.3. The summed E-state index contributed by atoms with van der Waals surface area (Å²) in [5.74, 6) is -0.553. The second-order valence-corrected chi connectivity index (χ2v) is 5.44. The van der Waals surface area contributed by atoms with Crippen LogP contribution in [0.25, 0.3) is 0 Å². The summed E-state index contributed by atoms with van der Waals surface area (Å²) in [5.41, 5.74) is 0.816. The number of rotatable bonds is 2. The lowest BCUT2D eigenvalue weighted by Crippen LogP contribution is -2.64. The van der Waals surface area contributed by atoms with Crippen LogP contribution < -0.4 is 5.32 Å². The van der Waals surface area contributed by atoms with Crippen molar-refractivity contribution in [1.82, 2.24) is 5.32 Å². The van der Waals surface area contributed by atoms with Gasteiger partial charge in [0.2, 0.25) is 5.91 Å². The van der Waals surface area contributed by atoms with Crippen molar-refractivity contribution in [3.05, 3.63) is 35.9 Å². The van der Waals surface area contributed by atoms with Gasteiger partial charge in [-0.1, -0.05) is 35.5 Å². The Morgan fingerprint density at radius 1 is 1.35 bits per heavy atom. The average molecular weight is 322 g/mol. The van der Waals surface area contributed by atoms with Crippen molar-refractivity contribution < 1.29 is 29.3 Å². The maximum atomic E-state index is 11.3. The second kappa shape index (κ2) is 6.53. The minimum absolute atomic E-state index is 0.160. The summed E-state index contributed by atoms with van der Waals surface area (Å²) < 4.78 is 16.9. The van der Waals surface area contributed by atoms with E-state index in [9.17, 15) is 9.90 Å². The van der Waals surface area contributed by atoms with Gasteiger partial charge >= 0.3 is 0 Å². The highest BCUT2D eigenvalue weighted by molar-refractivity contribution is 5.88. The fourth-order valence-corrected chi connectivity index (χ4v) is 2.75. The zero-order chi connectivity index (χ0) is 16.4. The number of aliphatic hydroxyl groups is 1. The molecule has 2 fully saturated rings. The predicted octanol–water partition coefficient (Wildman–Crippen LogP) is 0.153. The Hall–Kier alpha value is -2.16. The summed E-state index contributed by atoms with van der Waals surface area (Å²) in [7, 11) is 0. The third-order valence-corrected chi connectivity index (χ3v) is 3.80. The van der Waals surface area contributed by atoms with Gasteiger partial charge in [-0.3, -0.25) is 4.79 Å². The summed E-state index contributed by atoms with van der Waals surface area (Å²) in [4.78, 5) is 11.3. The third kappa shape index (κ3) is 3.14. The summed E-state index contributed by atoms with van der Waals surface area (Å²) in [6.07, 6.45) is -3.11. The molecule has 0 bridgehead atoms. The first kappa shape index (κ1) is 15.7. The molecule has 23 heavy (non-hydrogen) atoms. The van der Waals surface area contributed by atoms with Crippen molar-refractivity contribution in [2.45, 2.75) is 37.6 Å². The lowest BCUT2D eigenvalue weighted by Gasteiger charge is -2.44. The Balaban J connectivity index is 1.79. The van der Waals surface area contributed by atoms with Gasteiger partial charge in [0.15, 0.2) is 12.4 Å². The Morgan fingerprint density at radius 2 is 2.09 bits per heavy atom. The maximum Gasteiger partial charge on any atom is 0.251 e. The first-order valence-corrected chi connectivity index (χ1v) is 7.26. The summed E-state index contributed by atoms with van der Waals surface area (Å²) in [6, 6.07) is 8.33. The monoisotopic (exact) mass is 322 g/mol. The van der Waals surface area contributed by atoms with Crippen molar-refractivity contribution in [2.24, 2.45) is 5.16 Å². The van der Waals surface area contributed by atoms with E-state index in [1.807, 2.05) is 30.3 Å². The standard InChI is InChI=1S/C15H18N2O6/c1-8(18)16-11-12(19)13-10(22-14(11)17-20)7-21-15(23-13)9-5-3-2-4-6-9/h2-6,10-13,15,19-20H,7H2,1H3,(H,16,18)/b17-14+/t10-,11-,12-,13-,15?/m1/s1. The van der Waals surface area contributed by atoms with E-state index in [4.69, 9.17) is 19.4 Å². The molecule has 1 unspecified atom stereocenters. The van der Waals surface area contributed by atoms with Crippen LogP contribution >= 0.6 is 0 Å². The van der Waals surface area contributed by atoms with Gasteiger partial charge in [0, 0.05) is 12.5 Å². The number of oxime groups is 1. The van der Waals surface area contributed by atoms with Crippen LogP contribution in [0.3, 0.4) is 0 Å². The fourth-order valence-electron chi connectivity index (χ4n) is 2.75.